The van der Waals surface area contributed by atoms with E-state index in [1.807, 2.05) is 0 Å². The lowest BCUT2D eigenvalue weighted by Gasteiger charge is -2.11. The van der Waals surface area contributed by atoms with Crippen LogP contribution in [0.3, 0.4) is 0 Å². The molecule has 20 heavy (non-hydrogen) atoms. The molecule has 5 nitrogen and oxygen atoms in total. The van der Waals surface area contributed by atoms with Gasteiger partial charge in [-0.3, -0.25) is 4.79 Å². The largest absolute Gasteiger partial charge is 0.416 e. The van der Waals surface area contributed by atoms with Crippen LogP contribution in [0.2, 0.25) is 0 Å². The third kappa shape index (κ3) is 3.86. The molecule has 0 unspecified atom stereocenters. The maximum atomic E-state index is 12.4. The molecule has 0 aromatic heterocycles. The van der Waals surface area contributed by atoms with Gasteiger partial charge in [0.15, 0.2) is 9.84 Å². The van der Waals surface area contributed by atoms with Crippen LogP contribution in [-0.4, -0.2) is 26.6 Å². The lowest BCUT2D eigenvalue weighted by molar-refractivity contribution is -0.137. The molecule has 1 amide bonds. The molecule has 0 atom stereocenters. The van der Waals surface area contributed by atoms with Crippen molar-refractivity contribution in [3.8, 4) is 0 Å². The first-order chi connectivity index (χ1) is 9.08. The van der Waals surface area contributed by atoms with Crippen LogP contribution < -0.4 is 11.1 Å². The molecular weight excluding hydrogens is 297 g/mol. The first kappa shape index (κ1) is 16.3. The van der Waals surface area contributed by atoms with Gasteiger partial charge in [-0.2, -0.15) is 13.2 Å². The van der Waals surface area contributed by atoms with Crippen molar-refractivity contribution < 1.29 is 26.4 Å². The molecule has 0 heterocycles. The number of alkyl halides is 3. The summed E-state index contributed by atoms with van der Waals surface area (Å²) < 4.78 is 61.1. The number of anilines is 1. The second kappa shape index (κ2) is 5.70. The van der Waals surface area contributed by atoms with Gasteiger partial charge in [0.2, 0.25) is 5.91 Å². The summed E-state index contributed by atoms with van der Waals surface area (Å²) >= 11 is 0. The molecule has 1 rings (SSSR count). The Morgan fingerprint density at radius 3 is 2.40 bits per heavy atom. The number of carbonyl (C=O) groups excluding carboxylic acids is 1. The number of nitrogens with two attached hydrogens (primary N) is 1. The second-order valence-electron chi connectivity index (χ2n) is 3.96. The Bertz CT molecular complexity index is 612. The van der Waals surface area contributed by atoms with Crippen molar-refractivity contribution in [1.29, 1.82) is 0 Å². The molecular formula is C11H13F3N2O3S. The molecule has 0 aliphatic rings. The number of carbonyl (C=O) groups is 1. The van der Waals surface area contributed by atoms with Crippen LogP contribution in [-0.2, 0) is 20.8 Å². The van der Waals surface area contributed by atoms with E-state index in [4.69, 9.17) is 5.73 Å². The van der Waals surface area contributed by atoms with Crippen LogP contribution in [0.25, 0.3) is 0 Å². The summed E-state index contributed by atoms with van der Waals surface area (Å²) in [6.45, 7) is 1.86. The highest BCUT2D eigenvalue weighted by Gasteiger charge is 2.32. The highest BCUT2D eigenvalue weighted by molar-refractivity contribution is 7.92. The van der Waals surface area contributed by atoms with E-state index in [-0.39, 0.29) is 6.54 Å². The van der Waals surface area contributed by atoms with Crippen LogP contribution in [0.1, 0.15) is 12.5 Å². The number of nitrogen functional groups attached to an aromatic ring is 1. The van der Waals surface area contributed by atoms with Gasteiger partial charge in [0.25, 0.3) is 0 Å². The third-order valence-corrected chi connectivity index (χ3v) is 4.05. The summed E-state index contributed by atoms with van der Waals surface area (Å²) in [6, 6.07) is 1.90. The molecule has 3 N–H and O–H groups in total. The Morgan fingerprint density at radius 1 is 1.35 bits per heavy atom. The number of rotatable bonds is 4. The monoisotopic (exact) mass is 310 g/mol. The lowest BCUT2D eigenvalue weighted by atomic mass is 10.2. The van der Waals surface area contributed by atoms with E-state index in [0.29, 0.717) is 12.1 Å². The van der Waals surface area contributed by atoms with Crippen molar-refractivity contribution >= 4 is 21.4 Å². The highest BCUT2D eigenvalue weighted by atomic mass is 32.2. The number of hydrogen-bond acceptors (Lipinski definition) is 4. The van der Waals surface area contributed by atoms with Crippen molar-refractivity contribution in [2.45, 2.75) is 18.0 Å². The van der Waals surface area contributed by atoms with Gasteiger partial charge in [-0.1, -0.05) is 0 Å². The molecule has 0 fully saturated rings. The second-order valence-corrected chi connectivity index (χ2v) is 5.92. The van der Waals surface area contributed by atoms with Crippen LogP contribution >= 0.6 is 0 Å². The topological polar surface area (TPSA) is 89.3 Å². The van der Waals surface area contributed by atoms with E-state index in [0.717, 1.165) is 6.07 Å². The normalized spacial score (nSPS) is 12.2. The molecule has 0 bridgehead atoms. The number of halogens is 3. The van der Waals surface area contributed by atoms with E-state index >= 15 is 0 Å². The summed E-state index contributed by atoms with van der Waals surface area (Å²) in [5.41, 5.74) is 3.76. The fraction of sp³-hybridized carbons (Fsp3) is 0.364. The SMILES string of the molecule is CCNC(=O)CS(=O)(=O)c1ccc(C(F)(F)F)cc1N. The minimum absolute atomic E-state index is 0.247. The van der Waals surface area contributed by atoms with Gasteiger partial charge in [0.1, 0.15) is 5.75 Å². The van der Waals surface area contributed by atoms with Crippen molar-refractivity contribution in [2.24, 2.45) is 0 Å². The standard InChI is InChI=1S/C11H13F3N2O3S/c1-2-16-10(17)6-20(18,19)9-4-3-7(5-8(9)15)11(12,13)14/h3-5H,2,6,15H2,1H3,(H,16,17). The van der Waals surface area contributed by atoms with E-state index in [2.05, 4.69) is 5.32 Å². The fourth-order valence-corrected chi connectivity index (χ4v) is 2.80. The summed E-state index contributed by atoms with van der Waals surface area (Å²) in [4.78, 5) is 10.8. The zero-order chi connectivity index (χ0) is 15.6. The van der Waals surface area contributed by atoms with E-state index in [1.165, 1.54) is 0 Å². The van der Waals surface area contributed by atoms with Gasteiger partial charge in [0.05, 0.1) is 16.1 Å². The fourth-order valence-electron chi connectivity index (χ4n) is 1.51. The van der Waals surface area contributed by atoms with Gasteiger partial charge in [0, 0.05) is 6.54 Å². The maximum Gasteiger partial charge on any atom is 0.416 e. The number of sulfone groups is 1. The average molecular weight is 310 g/mol. The van der Waals surface area contributed by atoms with Crippen LogP contribution in [0, 0.1) is 0 Å². The third-order valence-electron chi connectivity index (χ3n) is 2.37. The summed E-state index contributed by atoms with van der Waals surface area (Å²) in [5, 5.41) is 2.29. The van der Waals surface area contributed by atoms with Crippen LogP contribution in [0.4, 0.5) is 18.9 Å². The van der Waals surface area contributed by atoms with Crippen molar-refractivity contribution in [3.63, 3.8) is 0 Å². The Labute approximate surface area is 113 Å². The number of benzene rings is 1. The van der Waals surface area contributed by atoms with Crippen molar-refractivity contribution in [2.75, 3.05) is 18.0 Å². The van der Waals surface area contributed by atoms with Gasteiger partial charge < -0.3 is 11.1 Å². The molecule has 0 aliphatic carbocycles. The summed E-state index contributed by atoms with van der Waals surface area (Å²) in [6.07, 6.45) is -4.62. The molecule has 0 spiro atoms. The van der Waals surface area contributed by atoms with E-state index in [1.54, 1.807) is 6.92 Å². The molecule has 9 heteroatoms. The summed E-state index contributed by atoms with van der Waals surface area (Å²) in [7, 11) is -4.08. The zero-order valence-corrected chi connectivity index (χ0v) is 11.3. The molecule has 0 radical (unpaired) electrons. The Balaban J connectivity index is 3.11. The first-order valence-corrected chi connectivity index (χ1v) is 7.19. The highest BCUT2D eigenvalue weighted by Crippen LogP contribution is 2.32. The quantitative estimate of drug-likeness (QED) is 0.818. The van der Waals surface area contributed by atoms with E-state index in [9.17, 15) is 26.4 Å². The lowest BCUT2D eigenvalue weighted by Crippen LogP contribution is -2.30. The van der Waals surface area contributed by atoms with Crippen molar-refractivity contribution in [3.05, 3.63) is 23.8 Å². The van der Waals surface area contributed by atoms with Gasteiger partial charge in [-0.15, -0.1) is 0 Å². The Morgan fingerprint density at radius 2 is 1.95 bits per heavy atom. The number of amides is 1. The Hall–Kier alpha value is -1.77. The van der Waals surface area contributed by atoms with Gasteiger partial charge >= 0.3 is 6.18 Å². The number of hydrogen-bond donors (Lipinski definition) is 2. The molecule has 1 aromatic carbocycles. The first-order valence-electron chi connectivity index (χ1n) is 5.54. The zero-order valence-electron chi connectivity index (χ0n) is 10.5. The van der Waals surface area contributed by atoms with Gasteiger partial charge in [-0.05, 0) is 25.1 Å². The van der Waals surface area contributed by atoms with Crippen LogP contribution in [0.5, 0.6) is 0 Å². The molecule has 1 aromatic rings. The number of nitrogens with one attached hydrogen (secondary N) is 1. The molecule has 0 saturated carbocycles. The van der Waals surface area contributed by atoms with E-state index < -0.39 is 43.8 Å². The predicted octanol–water partition coefficient (Wildman–Crippen LogP) is 1.20. The smallest absolute Gasteiger partial charge is 0.398 e. The van der Waals surface area contributed by atoms with Gasteiger partial charge in [-0.25, -0.2) is 8.42 Å². The molecule has 0 aliphatic heterocycles. The maximum absolute atomic E-state index is 12.4. The minimum Gasteiger partial charge on any atom is -0.398 e. The molecule has 112 valence electrons. The molecule has 0 saturated heterocycles. The van der Waals surface area contributed by atoms with Crippen molar-refractivity contribution in [1.82, 2.24) is 5.32 Å². The Kier molecular flexibility index (Phi) is 4.64. The average Bonchev–Trinajstić information content (AvgIpc) is 2.26. The summed E-state index contributed by atoms with van der Waals surface area (Å²) in [5.74, 6) is -1.61. The predicted molar refractivity (Wildman–Crippen MR) is 66.6 cm³/mol. The van der Waals surface area contributed by atoms with Crippen LogP contribution in [0.15, 0.2) is 23.1 Å². The minimum atomic E-state index is -4.62.